The topological polar surface area (TPSA) is 3.24 Å². The van der Waals surface area contributed by atoms with Gasteiger partial charge in [-0.25, -0.2) is 0 Å². The summed E-state index contributed by atoms with van der Waals surface area (Å²) < 4.78 is 0. The van der Waals surface area contributed by atoms with Crippen molar-refractivity contribution in [1.82, 2.24) is 4.90 Å². The maximum Gasteiger partial charge on any atom is 0.0492 e. The lowest BCUT2D eigenvalue weighted by Gasteiger charge is -2.48. The van der Waals surface area contributed by atoms with Crippen molar-refractivity contribution in [1.29, 1.82) is 0 Å². The maximum atomic E-state index is 6.84. The van der Waals surface area contributed by atoms with Gasteiger partial charge in [0.2, 0.25) is 0 Å². The summed E-state index contributed by atoms with van der Waals surface area (Å²) in [5.41, 5.74) is 10.6. The van der Waals surface area contributed by atoms with E-state index in [1.807, 2.05) is 0 Å². The van der Waals surface area contributed by atoms with Crippen LogP contribution in [0.3, 0.4) is 0 Å². The normalized spacial score (nSPS) is 23.3. The zero-order chi connectivity index (χ0) is 21.8. The Balaban J connectivity index is 1.89. The number of nitrogens with zero attached hydrogens (tertiary/aromatic N) is 1. The monoisotopic (exact) mass is 421 g/mol. The summed E-state index contributed by atoms with van der Waals surface area (Å²) in [6, 6.07) is 2.63. The van der Waals surface area contributed by atoms with Gasteiger partial charge in [0.25, 0.3) is 0 Å². The smallest absolute Gasteiger partial charge is 0.0492 e. The van der Waals surface area contributed by atoms with Crippen molar-refractivity contribution in [3.8, 4) is 0 Å². The molecule has 2 aliphatic heterocycles. The summed E-state index contributed by atoms with van der Waals surface area (Å²) in [7, 11) is 0. The first kappa shape index (κ1) is 21.5. The lowest BCUT2D eigenvalue weighted by molar-refractivity contribution is 0.188. The molecule has 1 aliphatic carbocycles. The fourth-order valence-electron chi connectivity index (χ4n) is 5.46. The Hall–Kier alpha value is -1.73. The molecule has 0 amide bonds. The van der Waals surface area contributed by atoms with Gasteiger partial charge in [-0.2, -0.15) is 0 Å². The minimum absolute atomic E-state index is 0.149. The van der Waals surface area contributed by atoms with Gasteiger partial charge in [-0.1, -0.05) is 65.8 Å². The molecular weight excluding hydrogens is 386 g/mol. The van der Waals surface area contributed by atoms with Gasteiger partial charge in [0.05, 0.1) is 0 Å². The Morgan fingerprint density at radius 3 is 2.60 bits per heavy atom. The summed E-state index contributed by atoms with van der Waals surface area (Å²) in [5, 5.41) is 0.946. The van der Waals surface area contributed by atoms with Crippen molar-refractivity contribution in [3.05, 3.63) is 75.5 Å². The molecule has 30 heavy (non-hydrogen) atoms. The molecule has 0 saturated carbocycles. The minimum Gasteiger partial charge on any atom is -0.343 e. The fourth-order valence-corrected chi connectivity index (χ4v) is 5.78. The van der Waals surface area contributed by atoms with E-state index in [4.69, 9.17) is 11.6 Å². The largest absolute Gasteiger partial charge is 0.343 e. The van der Waals surface area contributed by atoms with Crippen LogP contribution >= 0.6 is 11.6 Å². The SMILES string of the molecule is C=C1C=C2c3cc(Cl)c4c(c3CC(C(C)(C)C)N2C=C1C(=C)CCC)CC(C)CC4. The lowest BCUT2D eigenvalue weighted by Crippen LogP contribution is -2.46. The van der Waals surface area contributed by atoms with Crippen molar-refractivity contribution in [2.45, 2.75) is 79.2 Å². The molecule has 4 rings (SSSR count). The van der Waals surface area contributed by atoms with E-state index in [2.05, 4.69) is 71.0 Å². The molecule has 0 saturated heterocycles. The molecule has 0 N–H and O–H groups in total. The zero-order valence-electron chi connectivity index (χ0n) is 19.4. The predicted octanol–water partition coefficient (Wildman–Crippen LogP) is 7.89. The molecule has 160 valence electrons. The van der Waals surface area contributed by atoms with Crippen LogP contribution in [0.5, 0.6) is 0 Å². The Labute approximate surface area is 188 Å². The lowest BCUT2D eigenvalue weighted by atomic mass is 9.72. The first-order chi connectivity index (χ1) is 14.1. The van der Waals surface area contributed by atoms with Gasteiger partial charge in [-0.3, -0.25) is 0 Å². The predicted molar refractivity (Wildman–Crippen MR) is 131 cm³/mol. The first-order valence-corrected chi connectivity index (χ1v) is 11.9. The number of benzene rings is 1. The standard InChI is InChI=1S/C28H36ClN/c1-8-9-18(3)24-16-30-26(13-19(24)4)23-14-25(29)20-11-10-17(2)12-21(20)22(23)15-27(30)28(5,6)7/h13-14,16-17,27H,3-4,8-12,15H2,1-2,5-7H3. The molecule has 0 bridgehead atoms. The molecule has 2 heterocycles. The van der Waals surface area contributed by atoms with Crippen LogP contribution in [0.2, 0.25) is 5.02 Å². The van der Waals surface area contributed by atoms with Gasteiger partial charge >= 0.3 is 0 Å². The van der Waals surface area contributed by atoms with E-state index in [0.29, 0.717) is 6.04 Å². The molecule has 1 nitrogen and oxygen atoms in total. The summed E-state index contributed by atoms with van der Waals surface area (Å²) in [5.74, 6) is 0.727. The van der Waals surface area contributed by atoms with Crippen LogP contribution in [-0.2, 0) is 19.3 Å². The fraction of sp³-hybridized carbons (Fsp3) is 0.500. The van der Waals surface area contributed by atoms with Crippen molar-refractivity contribution in [2.24, 2.45) is 11.3 Å². The molecule has 2 atom stereocenters. The second-order valence-corrected chi connectivity index (χ2v) is 11.0. The number of allylic oxidation sites excluding steroid dienone is 4. The highest BCUT2D eigenvalue weighted by Crippen LogP contribution is 2.47. The second-order valence-electron chi connectivity index (χ2n) is 10.6. The highest BCUT2D eigenvalue weighted by molar-refractivity contribution is 6.31. The molecule has 0 radical (unpaired) electrons. The Bertz CT molecular complexity index is 969. The van der Waals surface area contributed by atoms with E-state index in [9.17, 15) is 0 Å². The average Bonchev–Trinajstić information content (AvgIpc) is 2.66. The summed E-state index contributed by atoms with van der Waals surface area (Å²) in [4.78, 5) is 2.50. The van der Waals surface area contributed by atoms with E-state index in [1.54, 1.807) is 0 Å². The third-order valence-electron chi connectivity index (χ3n) is 7.20. The zero-order valence-corrected chi connectivity index (χ0v) is 20.1. The number of hydrogen-bond acceptors (Lipinski definition) is 1. The van der Waals surface area contributed by atoms with E-state index < -0.39 is 0 Å². The van der Waals surface area contributed by atoms with E-state index in [0.717, 1.165) is 48.6 Å². The Morgan fingerprint density at radius 1 is 1.20 bits per heavy atom. The highest BCUT2D eigenvalue weighted by Gasteiger charge is 2.40. The summed E-state index contributed by atoms with van der Waals surface area (Å²) in [6.45, 7) is 20.4. The van der Waals surface area contributed by atoms with Crippen LogP contribution in [0.25, 0.3) is 5.70 Å². The third-order valence-corrected chi connectivity index (χ3v) is 7.53. The van der Waals surface area contributed by atoms with Crippen LogP contribution in [0.15, 0.2) is 48.2 Å². The van der Waals surface area contributed by atoms with E-state index >= 15 is 0 Å². The third kappa shape index (κ3) is 3.60. The average molecular weight is 422 g/mol. The van der Waals surface area contributed by atoms with Gasteiger partial charge in [-0.05, 0) is 89.0 Å². The maximum absolute atomic E-state index is 6.84. The van der Waals surface area contributed by atoms with Crippen LogP contribution < -0.4 is 0 Å². The van der Waals surface area contributed by atoms with Gasteiger partial charge < -0.3 is 4.90 Å². The van der Waals surface area contributed by atoms with Gasteiger partial charge in [0.1, 0.15) is 0 Å². The van der Waals surface area contributed by atoms with Gasteiger partial charge in [0, 0.05) is 28.5 Å². The highest BCUT2D eigenvalue weighted by atomic mass is 35.5. The second kappa shape index (κ2) is 7.75. The first-order valence-electron chi connectivity index (χ1n) is 11.5. The van der Waals surface area contributed by atoms with Crippen LogP contribution in [-0.4, -0.2) is 10.9 Å². The van der Waals surface area contributed by atoms with Crippen molar-refractivity contribution < 1.29 is 0 Å². The molecule has 1 aromatic carbocycles. The summed E-state index contributed by atoms with van der Waals surface area (Å²) >= 11 is 6.84. The number of fused-ring (bicyclic) bond motifs is 5. The molecular formula is C28H36ClN. The van der Waals surface area contributed by atoms with Crippen molar-refractivity contribution in [3.63, 3.8) is 0 Å². The molecule has 2 heteroatoms. The van der Waals surface area contributed by atoms with E-state index in [-0.39, 0.29) is 5.41 Å². The van der Waals surface area contributed by atoms with Crippen LogP contribution in [0, 0.1) is 11.3 Å². The van der Waals surface area contributed by atoms with Crippen molar-refractivity contribution >= 4 is 17.3 Å². The molecule has 2 unspecified atom stereocenters. The number of rotatable bonds is 3. The van der Waals surface area contributed by atoms with Gasteiger partial charge in [-0.15, -0.1) is 0 Å². The number of halogens is 1. The van der Waals surface area contributed by atoms with Crippen LogP contribution in [0.1, 0.15) is 76.1 Å². The summed E-state index contributed by atoms with van der Waals surface area (Å²) in [6.07, 6.45) is 11.3. The quantitative estimate of drug-likeness (QED) is 0.479. The Kier molecular flexibility index (Phi) is 5.56. The molecule has 0 fully saturated rings. The molecule has 0 aromatic heterocycles. The van der Waals surface area contributed by atoms with Crippen molar-refractivity contribution in [2.75, 3.05) is 0 Å². The molecule has 3 aliphatic rings. The molecule has 0 spiro atoms. The molecule has 1 aromatic rings. The van der Waals surface area contributed by atoms with Crippen LogP contribution in [0.4, 0.5) is 0 Å². The van der Waals surface area contributed by atoms with E-state index in [1.165, 1.54) is 45.5 Å². The minimum atomic E-state index is 0.149. The Morgan fingerprint density at radius 2 is 1.93 bits per heavy atom. The number of hydrogen-bond donors (Lipinski definition) is 0. The van der Waals surface area contributed by atoms with Gasteiger partial charge in [0.15, 0.2) is 0 Å².